The molecule has 2 aromatic carbocycles. The first-order valence-corrected chi connectivity index (χ1v) is 9.60. The van der Waals surface area contributed by atoms with Crippen molar-refractivity contribution in [2.24, 2.45) is 0 Å². The van der Waals surface area contributed by atoms with Gasteiger partial charge < -0.3 is 0 Å². The van der Waals surface area contributed by atoms with Gasteiger partial charge in [-0.15, -0.1) is 0 Å². The monoisotopic (exact) mass is 289 g/mol. The maximum absolute atomic E-state index is 2.37. The summed E-state index contributed by atoms with van der Waals surface area (Å²) in [6.07, 6.45) is 4.53. The van der Waals surface area contributed by atoms with Crippen LogP contribution in [-0.4, -0.2) is 0 Å². The normalized spacial score (nSPS) is 14.1. The van der Waals surface area contributed by atoms with Gasteiger partial charge in [0.1, 0.15) is 0 Å². The average molecular weight is 289 g/mol. The lowest BCUT2D eigenvalue weighted by Gasteiger charge is -2.09. The molecular weight excluding hydrogens is 284 g/mol. The summed E-state index contributed by atoms with van der Waals surface area (Å²) in [6, 6.07) is 6.91. The minimum Gasteiger partial charge on any atom is -0.0797 e. The molecule has 17 heavy (non-hydrogen) atoms. The van der Waals surface area contributed by atoms with Gasteiger partial charge in [-0.05, 0) is 23.1 Å². The van der Waals surface area contributed by atoms with Gasteiger partial charge in [0.2, 0.25) is 0 Å². The molecule has 0 N–H and O–H groups in total. The van der Waals surface area contributed by atoms with Crippen molar-refractivity contribution in [1.82, 2.24) is 0 Å². The van der Waals surface area contributed by atoms with Crippen LogP contribution in [0.4, 0.5) is 0 Å². The van der Waals surface area contributed by atoms with Crippen LogP contribution in [0.2, 0.25) is 0 Å². The van der Waals surface area contributed by atoms with E-state index in [9.17, 15) is 0 Å². The molecule has 0 atom stereocenters. The van der Waals surface area contributed by atoms with Gasteiger partial charge >= 0.3 is 0 Å². The Morgan fingerprint density at radius 3 is 2.53 bits per heavy atom. The summed E-state index contributed by atoms with van der Waals surface area (Å²) in [5, 5.41) is 4.46. The van der Waals surface area contributed by atoms with Crippen LogP contribution in [0.3, 0.4) is 0 Å². The molecule has 5 rings (SSSR count). The van der Waals surface area contributed by atoms with Gasteiger partial charge in [-0.2, -0.15) is 0 Å². The third kappa shape index (κ3) is 1.03. The van der Waals surface area contributed by atoms with E-state index in [1.807, 2.05) is 41.4 Å². The zero-order valence-corrected chi connectivity index (χ0v) is 11.8. The second kappa shape index (κ2) is 3.01. The SMILES string of the molecule is [CH]1C=c2ssc3cc4ssc5ccc1c(c23)c54. The van der Waals surface area contributed by atoms with Crippen molar-refractivity contribution in [3.8, 4) is 0 Å². The molecule has 4 aromatic rings. The second-order valence-electron chi connectivity index (χ2n) is 4.18. The van der Waals surface area contributed by atoms with Crippen molar-refractivity contribution >= 4 is 77.7 Å². The Hall–Kier alpha value is -0.680. The van der Waals surface area contributed by atoms with Crippen molar-refractivity contribution in [2.75, 3.05) is 0 Å². The Labute approximate surface area is 112 Å². The Balaban J connectivity index is 2.36. The quantitative estimate of drug-likeness (QED) is 0.399. The topological polar surface area (TPSA) is 0 Å². The van der Waals surface area contributed by atoms with E-state index in [-0.39, 0.29) is 0 Å². The van der Waals surface area contributed by atoms with E-state index >= 15 is 0 Å². The molecule has 0 unspecified atom stereocenters. The van der Waals surface area contributed by atoms with Crippen LogP contribution in [0.15, 0.2) is 18.2 Å². The Morgan fingerprint density at radius 2 is 1.53 bits per heavy atom. The molecule has 0 saturated heterocycles. The van der Waals surface area contributed by atoms with Crippen molar-refractivity contribution in [3.05, 3.63) is 34.7 Å². The van der Waals surface area contributed by atoms with Gasteiger partial charge in [0.15, 0.2) is 0 Å². The lowest BCUT2D eigenvalue weighted by Crippen LogP contribution is -2.00. The van der Waals surface area contributed by atoms with Gasteiger partial charge in [-0.3, -0.25) is 0 Å². The first-order valence-electron chi connectivity index (χ1n) is 5.30. The number of benzene rings is 2. The zero-order chi connectivity index (χ0) is 11.0. The van der Waals surface area contributed by atoms with Gasteiger partial charge in [0, 0.05) is 35.8 Å². The van der Waals surface area contributed by atoms with Crippen molar-refractivity contribution in [3.63, 3.8) is 0 Å². The molecular formula is C13H5S4. The van der Waals surface area contributed by atoms with E-state index in [0.717, 1.165) is 0 Å². The highest BCUT2D eigenvalue weighted by Gasteiger charge is 2.17. The minimum absolute atomic E-state index is 1.39. The maximum Gasteiger partial charge on any atom is 0.0484 e. The van der Waals surface area contributed by atoms with E-state index in [2.05, 4.69) is 30.7 Å². The van der Waals surface area contributed by atoms with Crippen LogP contribution in [0.1, 0.15) is 5.56 Å². The lowest BCUT2D eigenvalue weighted by molar-refractivity contribution is 1.65. The summed E-state index contributed by atoms with van der Waals surface area (Å²) in [4.78, 5) is 0. The molecule has 4 heteroatoms. The van der Waals surface area contributed by atoms with Gasteiger partial charge in [-0.25, -0.2) is 0 Å². The average Bonchev–Trinajstić information content (AvgIpc) is 2.96. The summed E-state index contributed by atoms with van der Waals surface area (Å²) in [7, 11) is 7.61. The molecule has 0 aliphatic heterocycles. The number of rotatable bonds is 0. The molecule has 2 heterocycles. The van der Waals surface area contributed by atoms with Crippen LogP contribution >= 0.6 is 41.4 Å². The Kier molecular flexibility index (Phi) is 1.64. The first kappa shape index (κ1) is 9.28. The number of hydrogen-bond acceptors (Lipinski definition) is 4. The smallest absolute Gasteiger partial charge is 0.0484 e. The number of hydrogen-bond donors (Lipinski definition) is 0. The highest BCUT2D eigenvalue weighted by molar-refractivity contribution is 7.75. The lowest BCUT2D eigenvalue weighted by atomic mass is 9.96. The first-order chi connectivity index (χ1) is 8.42. The van der Waals surface area contributed by atoms with Crippen LogP contribution in [0.25, 0.3) is 36.3 Å². The standard InChI is InChI=1S/C13H5S4/c1-3-7-12-9(16-14-7)5-10-13-8(15-17-10)4-2-6(1)11(12)13/h1-5H. The molecule has 0 nitrogen and oxygen atoms in total. The zero-order valence-electron chi connectivity index (χ0n) is 8.52. The molecule has 0 amide bonds. The van der Waals surface area contributed by atoms with Crippen LogP contribution in [0, 0.1) is 6.42 Å². The fourth-order valence-electron chi connectivity index (χ4n) is 2.58. The summed E-state index contributed by atoms with van der Waals surface area (Å²) in [5.41, 5.74) is 1.39. The molecule has 0 spiro atoms. The second-order valence-corrected chi connectivity index (χ2v) is 8.61. The van der Waals surface area contributed by atoms with Gasteiger partial charge in [0.25, 0.3) is 0 Å². The summed E-state index contributed by atoms with van der Waals surface area (Å²) < 4.78 is 5.77. The maximum atomic E-state index is 2.37. The van der Waals surface area contributed by atoms with Crippen molar-refractivity contribution < 1.29 is 0 Å². The van der Waals surface area contributed by atoms with E-state index in [0.29, 0.717) is 0 Å². The van der Waals surface area contributed by atoms with Crippen LogP contribution in [-0.2, 0) is 0 Å². The van der Waals surface area contributed by atoms with Crippen LogP contribution < -0.4 is 4.53 Å². The van der Waals surface area contributed by atoms with Crippen molar-refractivity contribution in [2.45, 2.75) is 0 Å². The van der Waals surface area contributed by atoms with Crippen molar-refractivity contribution in [1.29, 1.82) is 0 Å². The van der Waals surface area contributed by atoms with E-state index in [1.165, 1.54) is 40.4 Å². The molecule has 81 valence electrons. The fourth-order valence-corrected chi connectivity index (χ4v) is 7.61. The largest absolute Gasteiger partial charge is 0.0797 e. The van der Waals surface area contributed by atoms with Gasteiger partial charge in [-0.1, -0.05) is 53.5 Å². The predicted molar refractivity (Wildman–Crippen MR) is 82.4 cm³/mol. The minimum atomic E-state index is 1.39. The highest BCUT2D eigenvalue weighted by atomic mass is 32.9. The predicted octanol–water partition coefficient (Wildman–Crippen LogP) is 5.02. The third-order valence-corrected chi connectivity index (χ3v) is 8.17. The van der Waals surface area contributed by atoms with Gasteiger partial charge in [0.05, 0.1) is 0 Å². The van der Waals surface area contributed by atoms with E-state index < -0.39 is 0 Å². The Bertz CT molecular complexity index is 958. The summed E-state index contributed by atoms with van der Waals surface area (Å²) in [5.74, 6) is 0. The Morgan fingerprint density at radius 1 is 0.706 bits per heavy atom. The molecule has 1 aliphatic rings. The van der Waals surface area contributed by atoms with E-state index in [1.54, 1.807) is 0 Å². The third-order valence-electron chi connectivity index (χ3n) is 3.31. The molecule has 1 radical (unpaired) electrons. The molecule has 0 bridgehead atoms. The molecule has 0 saturated carbocycles. The molecule has 0 fully saturated rings. The fraction of sp³-hybridized carbons (Fsp3) is 0. The van der Waals surface area contributed by atoms with E-state index in [4.69, 9.17) is 0 Å². The van der Waals surface area contributed by atoms with Crippen LogP contribution in [0.5, 0.6) is 0 Å². The molecule has 1 aliphatic carbocycles. The highest BCUT2D eigenvalue weighted by Crippen LogP contribution is 2.44. The summed E-state index contributed by atoms with van der Waals surface area (Å²) >= 11 is 0. The summed E-state index contributed by atoms with van der Waals surface area (Å²) in [6.45, 7) is 0. The molecule has 2 aromatic heterocycles.